The molecule has 0 unspecified atom stereocenters. The highest BCUT2D eigenvalue weighted by atomic mass is 16.5. The third-order valence-corrected chi connectivity index (χ3v) is 4.27. The van der Waals surface area contributed by atoms with Crippen molar-refractivity contribution >= 4 is 23.2 Å². The van der Waals surface area contributed by atoms with Crippen LogP contribution in [-0.2, 0) is 4.79 Å². The summed E-state index contributed by atoms with van der Waals surface area (Å²) in [6.07, 6.45) is 1.95. The SMILES string of the molecule is CCOc1ccc(C(=O)N/N=C(\C)c2ccc(NC(=O)C3CC3)cc2)cc1. The molecule has 0 bridgehead atoms. The number of ether oxygens (including phenoxy) is 1. The van der Waals surface area contributed by atoms with Crippen molar-refractivity contribution in [2.45, 2.75) is 26.7 Å². The summed E-state index contributed by atoms with van der Waals surface area (Å²) in [6, 6.07) is 14.3. The maximum Gasteiger partial charge on any atom is 0.271 e. The number of carbonyl (C=O) groups is 2. The molecule has 27 heavy (non-hydrogen) atoms. The third kappa shape index (κ3) is 5.17. The molecule has 0 radical (unpaired) electrons. The van der Waals surface area contributed by atoms with Gasteiger partial charge in [-0.2, -0.15) is 5.10 Å². The number of nitrogens with one attached hydrogen (secondary N) is 2. The number of hydrogen-bond acceptors (Lipinski definition) is 4. The van der Waals surface area contributed by atoms with Crippen LogP contribution in [0.15, 0.2) is 53.6 Å². The zero-order chi connectivity index (χ0) is 19.2. The van der Waals surface area contributed by atoms with E-state index in [0.717, 1.165) is 29.8 Å². The lowest BCUT2D eigenvalue weighted by Gasteiger charge is -2.07. The molecule has 0 aromatic heterocycles. The first kappa shape index (κ1) is 18.6. The van der Waals surface area contributed by atoms with Crippen molar-refractivity contribution in [2.24, 2.45) is 11.0 Å². The fourth-order valence-electron chi connectivity index (χ4n) is 2.52. The lowest BCUT2D eigenvalue weighted by Crippen LogP contribution is -2.19. The number of rotatable bonds is 7. The zero-order valence-electron chi connectivity index (χ0n) is 15.5. The van der Waals surface area contributed by atoms with Crippen LogP contribution in [0.3, 0.4) is 0 Å². The quantitative estimate of drug-likeness (QED) is 0.581. The highest BCUT2D eigenvalue weighted by Crippen LogP contribution is 2.30. The Bertz CT molecular complexity index is 838. The average Bonchev–Trinajstić information content (AvgIpc) is 3.53. The minimum Gasteiger partial charge on any atom is -0.494 e. The second-order valence-corrected chi connectivity index (χ2v) is 6.44. The van der Waals surface area contributed by atoms with E-state index >= 15 is 0 Å². The van der Waals surface area contributed by atoms with Gasteiger partial charge in [-0.1, -0.05) is 12.1 Å². The van der Waals surface area contributed by atoms with Crippen LogP contribution >= 0.6 is 0 Å². The Kier molecular flexibility index (Phi) is 5.86. The summed E-state index contributed by atoms with van der Waals surface area (Å²) in [5, 5.41) is 7.05. The normalized spacial score (nSPS) is 13.8. The fourth-order valence-corrected chi connectivity index (χ4v) is 2.52. The molecule has 2 aromatic carbocycles. The largest absolute Gasteiger partial charge is 0.494 e. The average molecular weight is 365 g/mol. The lowest BCUT2D eigenvalue weighted by atomic mass is 10.1. The number of anilines is 1. The van der Waals surface area contributed by atoms with E-state index in [1.54, 1.807) is 24.3 Å². The highest BCUT2D eigenvalue weighted by Gasteiger charge is 2.29. The summed E-state index contributed by atoms with van der Waals surface area (Å²) in [4.78, 5) is 24.0. The first-order valence-electron chi connectivity index (χ1n) is 9.05. The summed E-state index contributed by atoms with van der Waals surface area (Å²) in [5.41, 5.74) is 5.37. The van der Waals surface area contributed by atoms with Crippen molar-refractivity contribution in [3.05, 3.63) is 59.7 Å². The summed E-state index contributed by atoms with van der Waals surface area (Å²) in [5.74, 6) is 0.690. The monoisotopic (exact) mass is 365 g/mol. The molecule has 6 nitrogen and oxygen atoms in total. The number of amides is 2. The van der Waals surface area contributed by atoms with E-state index in [2.05, 4.69) is 15.8 Å². The van der Waals surface area contributed by atoms with E-state index < -0.39 is 0 Å². The van der Waals surface area contributed by atoms with Crippen LogP contribution in [0.2, 0.25) is 0 Å². The van der Waals surface area contributed by atoms with Gasteiger partial charge in [-0.25, -0.2) is 5.43 Å². The number of hydrazone groups is 1. The van der Waals surface area contributed by atoms with Gasteiger partial charge >= 0.3 is 0 Å². The number of carbonyl (C=O) groups excluding carboxylic acids is 2. The number of benzene rings is 2. The zero-order valence-corrected chi connectivity index (χ0v) is 15.5. The van der Waals surface area contributed by atoms with E-state index in [1.165, 1.54) is 0 Å². The maximum atomic E-state index is 12.2. The van der Waals surface area contributed by atoms with Crippen molar-refractivity contribution in [1.29, 1.82) is 0 Å². The Morgan fingerprint density at radius 3 is 2.26 bits per heavy atom. The number of nitrogens with zero attached hydrogens (tertiary/aromatic N) is 1. The Labute approximate surface area is 158 Å². The van der Waals surface area contributed by atoms with Crippen molar-refractivity contribution in [3.8, 4) is 5.75 Å². The minimum absolute atomic E-state index is 0.0794. The molecule has 1 aliphatic carbocycles. The molecule has 1 fully saturated rings. The number of hydrogen-bond donors (Lipinski definition) is 2. The Hall–Kier alpha value is -3.15. The Morgan fingerprint density at radius 1 is 1.04 bits per heavy atom. The second kappa shape index (κ2) is 8.49. The third-order valence-electron chi connectivity index (χ3n) is 4.27. The van der Waals surface area contributed by atoms with E-state index in [4.69, 9.17) is 4.74 Å². The molecule has 2 amide bonds. The predicted octanol–water partition coefficient (Wildman–Crippen LogP) is 3.59. The van der Waals surface area contributed by atoms with Gasteiger partial charge in [0.2, 0.25) is 5.91 Å². The van der Waals surface area contributed by atoms with E-state index in [-0.39, 0.29) is 17.7 Å². The molecule has 0 saturated heterocycles. The summed E-state index contributed by atoms with van der Waals surface area (Å²) in [7, 11) is 0. The molecule has 2 N–H and O–H groups in total. The van der Waals surface area contributed by atoms with Gasteiger partial charge < -0.3 is 10.1 Å². The second-order valence-electron chi connectivity index (χ2n) is 6.44. The summed E-state index contributed by atoms with van der Waals surface area (Å²) in [6.45, 7) is 4.31. The van der Waals surface area contributed by atoms with Gasteiger partial charge in [0.1, 0.15) is 5.75 Å². The van der Waals surface area contributed by atoms with Crippen LogP contribution in [0.4, 0.5) is 5.69 Å². The molecule has 3 rings (SSSR count). The molecule has 140 valence electrons. The van der Waals surface area contributed by atoms with Gasteiger partial charge in [0.05, 0.1) is 12.3 Å². The molecule has 0 heterocycles. The first-order chi connectivity index (χ1) is 13.1. The molecular formula is C21H23N3O3. The van der Waals surface area contributed by atoms with E-state index in [1.807, 2.05) is 38.1 Å². The minimum atomic E-state index is -0.286. The smallest absolute Gasteiger partial charge is 0.271 e. The maximum absolute atomic E-state index is 12.2. The van der Waals surface area contributed by atoms with Crippen molar-refractivity contribution in [1.82, 2.24) is 5.43 Å². The molecule has 0 atom stereocenters. The van der Waals surface area contributed by atoms with Gasteiger partial charge in [0.25, 0.3) is 5.91 Å². The predicted molar refractivity (Wildman–Crippen MR) is 105 cm³/mol. The van der Waals surface area contributed by atoms with Crippen LogP contribution in [-0.4, -0.2) is 24.1 Å². The Morgan fingerprint density at radius 2 is 1.67 bits per heavy atom. The first-order valence-corrected chi connectivity index (χ1v) is 9.05. The van der Waals surface area contributed by atoms with Crippen molar-refractivity contribution in [3.63, 3.8) is 0 Å². The molecule has 6 heteroatoms. The topological polar surface area (TPSA) is 79.8 Å². The van der Waals surface area contributed by atoms with Crippen LogP contribution in [0.5, 0.6) is 5.75 Å². The van der Waals surface area contributed by atoms with Crippen LogP contribution < -0.4 is 15.5 Å². The van der Waals surface area contributed by atoms with Gasteiger partial charge in [-0.05, 0) is 68.7 Å². The van der Waals surface area contributed by atoms with E-state index in [0.29, 0.717) is 17.9 Å². The molecular weight excluding hydrogens is 342 g/mol. The van der Waals surface area contributed by atoms with Crippen LogP contribution in [0, 0.1) is 5.92 Å². The van der Waals surface area contributed by atoms with Crippen molar-refractivity contribution in [2.75, 3.05) is 11.9 Å². The molecule has 2 aromatic rings. The van der Waals surface area contributed by atoms with Crippen LogP contribution in [0.1, 0.15) is 42.6 Å². The van der Waals surface area contributed by atoms with Gasteiger partial charge in [0.15, 0.2) is 0 Å². The standard InChI is InChI=1S/C21H23N3O3/c1-3-27-19-12-8-17(9-13-19)21(26)24-23-14(2)15-6-10-18(11-7-15)22-20(25)16-4-5-16/h6-13,16H,3-5H2,1-2H3,(H,22,25)(H,24,26)/b23-14+. The van der Waals surface area contributed by atoms with E-state index in [9.17, 15) is 9.59 Å². The van der Waals surface area contributed by atoms with Gasteiger partial charge in [-0.15, -0.1) is 0 Å². The van der Waals surface area contributed by atoms with Gasteiger partial charge in [-0.3, -0.25) is 9.59 Å². The molecule has 0 spiro atoms. The summed E-state index contributed by atoms with van der Waals surface area (Å²) < 4.78 is 5.36. The molecule has 1 saturated carbocycles. The summed E-state index contributed by atoms with van der Waals surface area (Å²) >= 11 is 0. The molecule has 1 aliphatic rings. The molecule has 0 aliphatic heterocycles. The Balaban J connectivity index is 1.57. The van der Waals surface area contributed by atoms with Crippen molar-refractivity contribution < 1.29 is 14.3 Å². The van der Waals surface area contributed by atoms with Gasteiger partial charge in [0, 0.05) is 17.2 Å². The lowest BCUT2D eigenvalue weighted by molar-refractivity contribution is -0.117. The van der Waals surface area contributed by atoms with Crippen LogP contribution in [0.25, 0.3) is 0 Å². The fraction of sp³-hybridized carbons (Fsp3) is 0.286. The highest BCUT2D eigenvalue weighted by molar-refractivity contribution is 6.01.